The number of hydrogen-bond donors (Lipinski definition) is 3. The van der Waals surface area contributed by atoms with Crippen LogP contribution in [0.4, 0.5) is 0 Å². The summed E-state index contributed by atoms with van der Waals surface area (Å²) in [6, 6.07) is 0. The molecule has 0 unspecified atom stereocenters. The predicted octanol–water partition coefficient (Wildman–Crippen LogP) is 5.95. The van der Waals surface area contributed by atoms with Gasteiger partial charge >= 0.3 is 0 Å². The van der Waals surface area contributed by atoms with Crippen molar-refractivity contribution in [3.63, 3.8) is 0 Å². The van der Waals surface area contributed by atoms with Crippen LogP contribution in [0.5, 0.6) is 0 Å². The van der Waals surface area contributed by atoms with Gasteiger partial charge in [0.1, 0.15) is 0 Å². The molecule has 3 N–H and O–H groups in total. The minimum absolute atomic E-state index is 0.149. The summed E-state index contributed by atoms with van der Waals surface area (Å²) in [6.45, 7) is 14.8. The average Bonchev–Trinajstić information content (AvgIpc) is 3.04. The summed E-state index contributed by atoms with van der Waals surface area (Å²) in [5.41, 5.74) is 3.15. The third-order valence-electron chi connectivity index (χ3n) is 8.97. The van der Waals surface area contributed by atoms with Gasteiger partial charge in [-0.3, -0.25) is 0 Å². The Hall–Kier alpha value is -0.900. The van der Waals surface area contributed by atoms with Crippen molar-refractivity contribution in [3.05, 3.63) is 35.5 Å². The van der Waals surface area contributed by atoms with E-state index in [9.17, 15) is 15.3 Å². The first kappa shape index (κ1) is 24.7. The van der Waals surface area contributed by atoms with Crippen LogP contribution in [0.25, 0.3) is 0 Å². The maximum Gasteiger partial charge on any atom is 0.0837 e. The molecule has 3 nitrogen and oxygen atoms in total. The van der Waals surface area contributed by atoms with Crippen molar-refractivity contribution >= 4 is 0 Å². The largest absolute Gasteiger partial charge is 0.392 e. The molecule has 31 heavy (non-hydrogen) atoms. The minimum Gasteiger partial charge on any atom is -0.392 e. The Balaban J connectivity index is 1.71. The fraction of sp³-hybridized carbons (Fsp3) is 0.786. The Bertz CT molecular complexity index is 712. The van der Waals surface area contributed by atoms with Crippen molar-refractivity contribution < 1.29 is 15.3 Å². The molecule has 0 radical (unpaired) electrons. The van der Waals surface area contributed by atoms with Gasteiger partial charge in [0.2, 0.25) is 0 Å². The third kappa shape index (κ3) is 5.37. The molecular weight excluding hydrogens is 384 g/mol. The van der Waals surface area contributed by atoms with Gasteiger partial charge in [0, 0.05) is 5.92 Å². The molecule has 3 aliphatic rings. The van der Waals surface area contributed by atoms with E-state index < -0.39 is 17.8 Å². The van der Waals surface area contributed by atoms with Gasteiger partial charge < -0.3 is 15.3 Å². The van der Waals surface area contributed by atoms with Crippen LogP contribution >= 0.6 is 0 Å². The van der Waals surface area contributed by atoms with Gasteiger partial charge in [0.25, 0.3) is 0 Å². The zero-order valence-corrected chi connectivity index (χ0v) is 20.5. The lowest BCUT2D eigenvalue weighted by atomic mass is 9.60. The Morgan fingerprint density at radius 1 is 1.23 bits per heavy atom. The molecule has 0 heterocycles. The molecule has 3 aliphatic carbocycles. The average molecular weight is 431 g/mol. The monoisotopic (exact) mass is 430 g/mol. The second-order valence-electron chi connectivity index (χ2n) is 11.8. The SMILES string of the molecule is C=C1C(=CC=C2CCC[C@]3(C)[C@@H]([C@H](C)CCCC(C)(C)O)CC[C@@H]23)C[C@@H](O)[C@@H](C)[C@H]1O. The molecule has 0 saturated heterocycles. The van der Waals surface area contributed by atoms with Crippen molar-refractivity contribution in [1.29, 1.82) is 0 Å². The van der Waals surface area contributed by atoms with Crippen LogP contribution < -0.4 is 0 Å². The summed E-state index contributed by atoms with van der Waals surface area (Å²) in [5.74, 6) is 1.94. The fourth-order valence-corrected chi connectivity index (χ4v) is 6.91. The lowest BCUT2D eigenvalue weighted by molar-refractivity contribution is 0.0283. The highest BCUT2D eigenvalue weighted by Gasteiger charge is 2.50. The van der Waals surface area contributed by atoms with E-state index in [0.29, 0.717) is 23.7 Å². The smallest absolute Gasteiger partial charge is 0.0837 e. The molecule has 7 atom stereocenters. The highest BCUT2D eigenvalue weighted by Crippen LogP contribution is 2.60. The van der Waals surface area contributed by atoms with E-state index in [0.717, 1.165) is 36.3 Å². The van der Waals surface area contributed by atoms with Gasteiger partial charge in [-0.25, -0.2) is 0 Å². The fourth-order valence-electron chi connectivity index (χ4n) is 6.91. The first-order valence-corrected chi connectivity index (χ1v) is 12.6. The summed E-state index contributed by atoms with van der Waals surface area (Å²) in [4.78, 5) is 0. The third-order valence-corrected chi connectivity index (χ3v) is 8.97. The van der Waals surface area contributed by atoms with Crippen LogP contribution in [0, 0.1) is 29.1 Å². The van der Waals surface area contributed by atoms with Crippen molar-refractivity contribution in [3.8, 4) is 0 Å². The van der Waals surface area contributed by atoms with Crippen LogP contribution in [0.2, 0.25) is 0 Å². The van der Waals surface area contributed by atoms with E-state index in [2.05, 4.69) is 32.6 Å². The quantitative estimate of drug-likeness (QED) is 0.488. The maximum absolute atomic E-state index is 10.4. The molecule has 3 heteroatoms. The molecular formula is C28H46O3. The molecule has 0 aromatic heterocycles. The molecule has 0 amide bonds. The predicted molar refractivity (Wildman–Crippen MR) is 129 cm³/mol. The zero-order chi connectivity index (χ0) is 23.0. The topological polar surface area (TPSA) is 60.7 Å². The Morgan fingerprint density at radius 2 is 1.94 bits per heavy atom. The molecule has 0 spiro atoms. The number of rotatable bonds is 6. The van der Waals surface area contributed by atoms with Gasteiger partial charge in [0.15, 0.2) is 0 Å². The first-order chi connectivity index (χ1) is 14.4. The first-order valence-electron chi connectivity index (χ1n) is 12.6. The molecule has 0 aliphatic heterocycles. The van der Waals surface area contributed by atoms with Gasteiger partial charge in [-0.05, 0) is 93.1 Å². The number of fused-ring (bicyclic) bond motifs is 1. The normalized spacial score (nSPS) is 40.4. The van der Waals surface area contributed by atoms with Crippen LogP contribution in [0.1, 0.15) is 92.4 Å². The van der Waals surface area contributed by atoms with Crippen molar-refractivity contribution in [2.45, 2.75) is 110 Å². The summed E-state index contributed by atoms with van der Waals surface area (Å²) in [7, 11) is 0. The van der Waals surface area contributed by atoms with Crippen LogP contribution in [0.3, 0.4) is 0 Å². The molecule has 3 fully saturated rings. The van der Waals surface area contributed by atoms with Gasteiger partial charge in [-0.15, -0.1) is 0 Å². The van der Waals surface area contributed by atoms with E-state index in [-0.39, 0.29) is 5.92 Å². The van der Waals surface area contributed by atoms with Crippen molar-refractivity contribution in [1.82, 2.24) is 0 Å². The molecule has 0 aromatic carbocycles. The van der Waals surface area contributed by atoms with Crippen molar-refractivity contribution in [2.75, 3.05) is 0 Å². The number of aliphatic hydroxyl groups is 3. The Kier molecular flexibility index (Phi) is 7.61. The lowest BCUT2D eigenvalue weighted by Gasteiger charge is -2.44. The Morgan fingerprint density at radius 3 is 2.61 bits per heavy atom. The standard InChI is InChI=1S/C28H46O3/c1-18(9-7-15-27(4,5)31)23-13-14-24-21(10-8-16-28(23,24)6)11-12-22-17-25(29)20(3)26(30)19(22)2/h11-12,18,20,23-26,29-31H,2,7-10,13-17H2,1,3-6H3/t18-,20-,23-,24+,25-,26+,28-/m1/s1. The molecule has 3 rings (SSSR count). The molecule has 3 saturated carbocycles. The van der Waals surface area contributed by atoms with Crippen LogP contribution in [-0.2, 0) is 0 Å². The second kappa shape index (κ2) is 9.53. The highest BCUT2D eigenvalue weighted by molar-refractivity contribution is 5.39. The van der Waals surface area contributed by atoms with E-state index in [1.165, 1.54) is 32.1 Å². The maximum atomic E-state index is 10.4. The van der Waals surface area contributed by atoms with Gasteiger partial charge in [-0.2, -0.15) is 0 Å². The van der Waals surface area contributed by atoms with E-state index >= 15 is 0 Å². The number of hydrogen-bond acceptors (Lipinski definition) is 3. The zero-order valence-electron chi connectivity index (χ0n) is 20.5. The Labute approximate surface area is 190 Å². The van der Waals surface area contributed by atoms with Gasteiger partial charge in [-0.1, -0.05) is 57.9 Å². The number of aliphatic hydroxyl groups excluding tert-OH is 2. The lowest BCUT2D eigenvalue weighted by Crippen LogP contribution is -2.36. The van der Waals surface area contributed by atoms with Crippen molar-refractivity contribution in [2.24, 2.45) is 29.1 Å². The van der Waals surface area contributed by atoms with E-state index in [1.807, 2.05) is 20.8 Å². The number of allylic oxidation sites excluding steroid dienone is 3. The molecule has 0 aromatic rings. The van der Waals surface area contributed by atoms with E-state index in [4.69, 9.17) is 0 Å². The summed E-state index contributed by atoms with van der Waals surface area (Å²) < 4.78 is 0. The summed E-state index contributed by atoms with van der Waals surface area (Å²) >= 11 is 0. The summed E-state index contributed by atoms with van der Waals surface area (Å²) in [5, 5.41) is 30.7. The minimum atomic E-state index is -0.648. The summed E-state index contributed by atoms with van der Waals surface area (Å²) in [6.07, 6.45) is 13.4. The van der Waals surface area contributed by atoms with Gasteiger partial charge in [0.05, 0.1) is 17.8 Å². The second-order valence-corrected chi connectivity index (χ2v) is 11.8. The highest BCUT2D eigenvalue weighted by atomic mass is 16.3. The molecule has 0 bridgehead atoms. The van der Waals surface area contributed by atoms with Crippen LogP contribution in [0.15, 0.2) is 35.5 Å². The van der Waals surface area contributed by atoms with E-state index in [1.54, 1.807) is 5.57 Å². The van der Waals surface area contributed by atoms with Crippen LogP contribution in [-0.4, -0.2) is 33.1 Å². The molecule has 176 valence electrons.